The molecule has 19 heavy (non-hydrogen) atoms. The normalized spacial score (nSPS) is 10.2. The average molecular weight is 323 g/mol. The molecule has 3 N–H and O–H groups in total. The lowest BCUT2D eigenvalue weighted by Gasteiger charge is -2.08. The first-order chi connectivity index (χ1) is 9.06. The maximum atomic E-state index is 12.9. The van der Waals surface area contributed by atoms with Gasteiger partial charge in [-0.2, -0.15) is 0 Å². The van der Waals surface area contributed by atoms with Crippen LogP contribution in [0.4, 0.5) is 10.1 Å². The van der Waals surface area contributed by atoms with E-state index in [4.69, 9.17) is 5.73 Å². The quantitative estimate of drug-likeness (QED) is 0.907. The number of hydrogen-bond acceptors (Lipinski definition) is 2. The Hall–Kier alpha value is -1.88. The number of rotatable bonds is 4. The molecule has 0 bridgehead atoms. The highest BCUT2D eigenvalue weighted by Gasteiger charge is 2.03. The molecule has 1 amide bonds. The Balaban J connectivity index is 2.04. The third kappa shape index (κ3) is 3.54. The highest BCUT2D eigenvalue weighted by Crippen LogP contribution is 2.19. The van der Waals surface area contributed by atoms with E-state index in [9.17, 15) is 9.18 Å². The smallest absolute Gasteiger partial charge is 0.248 e. The summed E-state index contributed by atoms with van der Waals surface area (Å²) in [7, 11) is 0. The van der Waals surface area contributed by atoms with E-state index in [0.717, 1.165) is 11.3 Å². The van der Waals surface area contributed by atoms with Crippen molar-refractivity contribution in [1.29, 1.82) is 0 Å². The highest BCUT2D eigenvalue weighted by molar-refractivity contribution is 9.10. The van der Waals surface area contributed by atoms with Crippen LogP contribution in [0, 0.1) is 5.82 Å². The average Bonchev–Trinajstić information content (AvgIpc) is 2.38. The number of hydrogen-bond donors (Lipinski definition) is 2. The van der Waals surface area contributed by atoms with Gasteiger partial charge in [0, 0.05) is 22.3 Å². The van der Waals surface area contributed by atoms with Crippen LogP contribution < -0.4 is 11.1 Å². The Bertz CT molecular complexity index is 599. The zero-order valence-corrected chi connectivity index (χ0v) is 11.6. The van der Waals surface area contributed by atoms with Gasteiger partial charge in [-0.15, -0.1) is 0 Å². The van der Waals surface area contributed by atoms with Crippen molar-refractivity contribution in [3.05, 3.63) is 63.9 Å². The first kappa shape index (κ1) is 13.5. The Labute approximate surface area is 118 Å². The molecule has 0 heterocycles. The molecule has 0 unspecified atom stereocenters. The van der Waals surface area contributed by atoms with E-state index in [-0.39, 0.29) is 5.82 Å². The maximum absolute atomic E-state index is 12.9. The van der Waals surface area contributed by atoms with E-state index in [1.54, 1.807) is 30.3 Å². The Morgan fingerprint density at radius 3 is 2.47 bits per heavy atom. The van der Waals surface area contributed by atoms with Gasteiger partial charge in [0.25, 0.3) is 0 Å². The lowest BCUT2D eigenvalue weighted by molar-refractivity contribution is 0.100. The zero-order valence-electron chi connectivity index (χ0n) is 9.99. The number of primary amides is 1. The van der Waals surface area contributed by atoms with Gasteiger partial charge in [0.15, 0.2) is 0 Å². The molecule has 0 radical (unpaired) electrons. The van der Waals surface area contributed by atoms with Crippen LogP contribution in [0.3, 0.4) is 0 Å². The fourth-order valence-corrected chi connectivity index (χ4v) is 2.11. The molecule has 0 saturated carbocycles. The molecule has 2 aromatic rings. The van der Waals surface area contributed by atoms with Gasteiger partial charge in [-0.25, -0.2) is 4.39 Å². The second-order valence-corrected chi connectivity index (χ2v) is 4.89. The SMILES string of the molecule is NC(=O)c1ccc(NCc2ccc(F)cc2Br)cc1. The predicted octanol–water partition coefficient (Wildman–Crippen LogP) is 3.30. The van der Waals surface area contributed by atoms with Crippen LogP contribution in [0.2, 0.25) is 0 Å². The van der Waals surface area contributed by atoms with Gasteiger partial charge in [0.05, 0.1) is 0 Å². The van der Waals surface area contributed by atoms with E-state index in [2.05, 4.69) is 21.2 Å². The van der Waals surface area contributed by atoms with Crippen molar-refractivity contribution in [2.75, 3.05) is 5.32 Å². The van der Waals surface area contributed by atoms with Crippen LogP contribution in [0.25, 0.3) is 0 Å². The first-order valence-corrected chi connectivity index (χ1v) is 6.43. The molecule has 0 aliphatic carbocycles. The molecule has 2 rings (SSSR count). The minimum atomic E-state index is -0.451. The Morgan fingerprint density at radius 2 is 1.89 bits per heavy atom. The molecule has 98 valence electrons. The van der Waals surface area contributed by atoms with E-state index < -0.39 is 5.91 Å². The lowest BCUT2D eigenvalue weighted by atomic mass is 10.2. The molecule has 2 aromatic carbocycles. The third-order valence-corrected chi connectivity index (χ3v) is 3.41. The molecule has 3 nitrogen and oxygen atoms in total. The standard InChI is InChI=1S/C14H12BrFN2O/c15-13-7-11(16)4-1-10(13)8-18-12-5-2-9(3-6-12)14(17)19/h1-7,18H,8H2,(H2,17,19). The monoisotopic (exact) mass is 322 g/mol. The van der Waals surface area contributed by atoms with Crippen molar-refractivity contribution < 1.29 is 9.18 Å². The van der Waals surface area contributed by atoms with Crippen molar-refractivity contribution >= 4 is 27.5 Å². The van der Waals surface area contributed by atoms with E-state index in [1.807, 2.05) is 0 Å². The number of nitrogens with one attached hydrogen (secondary N) is 1. The Morgan fingerprint density at radius 1 is 1.21 bits per heavy atom. The number of carbonyl (C=O) groups excluding carboxylic acids is 1. The van der Waals surface area contributed by atoms with Crippen LogP contribution in [0.15, 0.2) is 46.9 Å². The fourth-order valence-electron chi connectivity index (χ4n) is 1.61. The van der Waals surface area contributed by atoms with E-state index in [1.165, 1.54) is 12.1 Å². The predicted molar refractivity (Wildman–Crippen MR) is 76.4 cm³/mol. The van der Waals surface area contributed by atoms with Gasteiger partial charge in [-0.05, 0) is 42.0 Å². The summed E-state index contributed by atoms with van der Waals surface area (Å²) in [5.74, 6) is -0.728. The second-order valence-electron chi connectivity index (χ2n) is 4.03. The van der Waals surface area contributed by atoms with Gasteiger partial charge < -0.3 is 11.1 Å². The molecule has 0 saturated heterocycles. The molecule has 0 atom stereocenters. The minimum Gasteiger partial charge on any atom is -0.381 e. The molecule has 5 heteroatoms. The summed E-state index contributed by atoms with van der Waals surface area (Å²) >= 11 is 3.31. The number of benzene rings is 2. The molecule has 0 aliphatic heterocycles. The number of amides is 1. The highest BCUT2D eigenvalue weighted by atomic mass is 79.9. The van der Waals surface area contributed by atoms with Crippen LogP contribution >= 0.6 is 15.9 Å². The van der Waals surface area contributed by atoms with E-state index in [0.29, 0.717) is 16.6 Å². The largest absolute Gasteiger partial charge is 0.381 e. The Kier molecular flexibility index (Phi) is 4.16. The van der Waals surface area contributed by atoms with Crippen molar-refractivity contribution in [2.24, 2.45) is 5.73 Å². The van der Waals surface area contributed by atoms with Crippen molar-refractivity contribution in [3.8, 4) is 0 Å². The molecular formula is C14H12BrFN2O. The topological polar surface area (TPSA) is 55.1 Å². The minimum absolute atomic E-state index is 0.276. The van der Waals surface area contributed by atoms with Crippen LogP contribution in [-0.2, 0) is 6.54 Å². The van der Waals surface area contributed by atoms with Gasteiger partial charge in [-0.3, -0.25) is 4.79 Å². The van der Waals surface area contributed by atoms with Crippen LogP contribution in [0.1, 0.15) is 15.9 Å². The lowest BCUT2D eigenvalue weighted by Crippen LogP contribution is -2.10. The number of nitrogens with two attached hydrogens (primary N) is 1. The molecule has 0 spiro atoms. The molecule has 0 fully saturated rings. The number of carbonyl (C=O) groups is 1. The van der Waals surface area contributed by atoms with Crippen LogP contribution in [-0.4, -0.2) is 5.91 Å². The third-order valence-electron chi connectivity index (χ3n) is 2.67. The second kappa shape index (κ2) is 5.84. The van der Waals surface area contributed by atoms with E-state index >= 15 is 0 Å². The maximum Gasteiger partial charge on any atom is 0.248 e. The summed E-state index contributed by atoms with van der Waals surface area (Å²) < 4.78 is 13.7. The van der Waals surface area contributed by atoms with Crippen molar-refractivity contribution in [2.45, 2.75) is 6.54 Å². The summed E-state index contributed by atoms with van der Waals surface area (Å²) in [6.07, 6.45) is 0. The van der Waals surface area contributed by atoms with Gasteiger partial charge in [0.2, 0.25) is 5.91 Å². The number of anilines is 1. The first-order valence-electron chi connectivity index (χ1n) is 5.64. The van der Waals surface area contributed by atoms with Crippen LogP contribution in [0.5, 0.6) is 0 Å². The molecule has 0 aliphatic rings. The van der Waals surface area contributed by atoms with Gasteiger partial charge >= 0.3 is 0 Å². The fraction of sp³-hybridized carbons (Fsp3) is 0.0714. The van der Waals surface area contributed by atoms with Gasteiger partial charge in [0.1, 0.15) is 5.82 Å². The zero-order chi connectivity index (χ0) is 13.8. The van der Waals surface area contributed by atoms with Crippen molar-refractivity contribution in [1.82, 2.24) is 0 Å². The number of halogens is 2. The van der Waals surface area contributed by atoms with Gasteiger partial charge in [-0.1, -0.05) is 22.0 Å². The summed E-state index contributed by atoms with van der Waals surface area (Å²) in [5, 5.41) is 3.18. The summed E-state index contributed by atoms with van der Waals surface area (Å²) in [5.41, 5.74) is 7.44. The summed E-state index contributed by atoms with van der Waals surface area (Å²) in [4.78, 5) is 10.9. The van der Waals surface area contributed by atoms with Crippen molar-refractivity contribution in [3.63, 3.8) is 0 Å². The molecule has 0 aromatic heterocycles. The summed E-state index contributed by atoms with van der Waals surface area (Å²) in [6, 6.07) is 11.4. The molecular weight excluding hydrogens is 311 g/mol. The summed E-state index contributed by atoms with van der Waals surface area (Å²) in [6.45, 7) is 0.552.